The summed E-state index contributed by atoms with van der Waals surface area (Å²) in [5.41, 5.74) is 2.26. The first kappa shape index (κ1) is 17.7. The molecule has 1 N–H and O–H groups in total. The van der Waals surface area contributed by atoms with Gasteiger partial charge in [-0.2, -0.15) is 0 Å². The third kappa shape index (κ3) is 4.89. The van der Waals surface area contributed by atoms with Gasteiger partial charge < -0.3 is 9.84 Å². The van der Waals surface area contributed by atoms with Crippen LogP contribution < -0.4 is 5.32 Å². The van der Waals surface area contributed by atoms with Crippen molar-refractivity contribution in [2.45, 2.75) is 65.8 Å². The topological polar surface area (TPSA) is 68.0 Å². The smallest absolute Gasteiger partial charge is 0.263 e. The van der Waals surface area contributed by atoms with Gasteiger partial charge in [0, 0.05) is 18.0 Å². The predicted octanol–water partition coefficient (Wildman–Crippen LogP) is 3.71. The molecular weight excluding hydrogens is 310 g/mol. The van der Waals surface area contributed by atoms with Crippen LogP contribution in [0.15, 0.2) is 10.7 Å². The van der Waals surface area contributed by atoms with Crippen molar-refractivity contribution in [3.8, 4) is 0 Å². The van der Waals surface area contributed by atoms with Crippen LogP contribution in [0.1, 0.15) is 65.3 Å². The van der Waals surface area contributed by atoms with Crippen molar-refractivity contribution in [3.63, 3.8) is 0 Å². The van der Waals surface area contributed by atoms with Crippen molar-refractivity contribution in [3.05, 3.63) is 33.1 Å². The molecule has 2 rings (SSSR count). The lowest BCUT2D eigenvalue weighted by Crippen LogP contribution is -2.29. The largest absolute Gasteiger partial charge is 0.361 e. The number of nitrogens with one attached hydrogen (secondary N) is 1. The molecule has 0 aliphatic carbocycles. The number of hydrogen-bond acceptors (Lipinski definition) is 5. The van der Waals surface area contributed by atoms with Crippen LogP contribution in [0.25, 0.3) is 0 Å². The fraction of sp³-hybridized carbons (Fsp3) is 0.588. The van der Waals surface area contributed by atoms with Crippen LogP contribution in [0.3, 0.4) is 0 Å². The molecule has 0 radical (unpaired) electrons. The van der Waals surface area contributed by atoms with Gasteiger partial charge >= 0.3 is 0 Å². The van der Waals surface area contributed by atoms with E-state index in [1.165, 1.54) is 16.9 Å². The van der Waals surface area contributed by atoms with E-state index in [9.17, 15) is 4.79 Å². The van der Waals surface area contributed by atoms with Crippen LogP contribution in [0, 0.1) is 6.92 Å². The van der Waals surface area contributed by atoms with Crippen molar-refractivity contribution in [1.29, 1.82) is 0 Å². The quantitative estimate of drug-likeness (QED) is 0.798. The first-order valence-electron chi connectivity index (χ1n) is 8.20. The Bertz CT molecular complexity index is 646. The summed E-state index contributed by atoms with van der Waals surface area (Å²) < 4.78 is 5.34. The lowest BCUT2D eigenvalue weighted by molar-refractivity contribution is 0.0947. The molecule has 0 unspecified atom stereocenters. The Morgan fingerprint density at radius 3 is 2.83 bits per heavy atom. The van der Waals surface area contributed by atoms with E-state index in [0.29, 0.717) is 4.88 Å². The number of aryl methyl sites for hydroxylation is 3. The number of thiazole rings is 1. The van der Waals surface area contributed by atoms with E-state index in [-0.39, 0.29) is 11.9 Å². The van der Waals surface area contributed by atoms with Gasteiger partial charge in [-0.3, -0.25) is 4.79 Å². The maximum Gasteiger partial charge on any atom is 0.263 e. The Hall–Kier alpha value is -1.69. The molecule has 126 valence electrons. The number of carbonyl (C=O) groups is 1. The summed E-state index contributed by atoms with van der Waals surface area (Å²) in [6, 6.07) is 0.133. The summed E-state index contributed by atoms with van der Waals surface area (Å²) in [5, 5.41) is 8.04. The summed E-state index contributed by atoms with van der Waals surface area (Å²) in [6.45, 7) is 8.03. The molecule has 0 aliphatic rings. The number of aromatic nitrogens is 2. The zero-order chi connectivity index (χ0) is 16.8. The molecule has 0 spiro atoms. The van der Waals surface area contributed by atoms with Crippen molar-refractivity contribution >= 4 is 17.2 Å². The SMILES string of the molecule is CCCCc1noc(C)c1CCc1ncc(C(=O)NC(C)C)s1. The zero-order valence-electron chi connectivity index (χ0n) is 14.3. The molecule has 2 aromatic rings. The van der Waals surface area contributed by atoms with Gasteiger partial charge in [-0.1, -0.05) is 18.5 Å². The normalized spacial score (nSPS) is 11.2. The first-order chi connectivity index (χ1) is 11.0. The fourth-order valence-electron chi connectivity index (χ4n) is 2.39. The number of hydrogen-bond donors (Lipinski definition) is 1. The minimum atomic E-state index is -0.0476. The highest BCUT2D eigenvalue weighted by Crippen LogP contribution is 2.20. The van der Waals surface area contributed by atoms with E-state index in [1.807, 2.05) is 20.8 Å². The molecule has 2 aromatic heterocycles. The number of amides is 1. The molecule has 5 nitrogen and oxygen atoms in total. The van der Waals surface area contributed by atoms with E-state index < -0.39 is 0 Å². The Morgan fingerprint density at radius 1 is 1.35 bits per heavy atom. The molecule has 0 bridgehead atoms. The Balaban J connectivity index is 1.98. The second kappa shape index (κ2) is 8.24. The van der Waals surface area contributed by atoms with Crippen LogP contribution in [-0.4, -0.2) is 22.1 Å². The zero-order valence-corrected chi connectivity index (χ0v) is 15.1. The van der Waals surface area contributed by atoms with Gasteiger partial charge in [-0.15, -0.1) is 11.3 Å². The molecule has 23 heavy (non-hydrogen) atoms. The standard InChI is InChI=1S/C17H25N3O2S/c1-5-6-7-14-13(12(4)22-20-14)8-9-16-18-10-15(23-16)17(21)19-11(2)3/h10-11H,5-9H2,1-4H3,(H,19,21). The maximum atomic E-state index is 12.0. The van der Waals surface area contributed by atoms with Gasteiger partial charge in [0.25, 0.3) is 5.91 Å². The Morgan fingerprint density at radius 2 is 2.13 bits per heavy atom. The third-order valence-corrected chi connectivity index (χ3v) is 4.68. The van der Waals surface area contributed by atoms with Gasteiger partial charge in [0.15, 0.2) is 0 Å². The van der Waals surface area contributed by atoms with Crippen LogP contribution in [-0.2, 0) is 19.3 Å². The Labute approximate surface area is 141 Å². The number of rotatable bonds is 8. The van der Waals surface area contributed by atoms with E-state index >= 15 is 0 Å². The van der Waals surface area contributed by atoms with Crippen molar-refractivity contribution in [2.75, 3.05) is 0 Å². The maximum absolute atomic E-state index is 12.0. The highest BCUT2D eigenvalue weighted by atomic mass is 32.1. The minimum Gasteiger partial charge on any atom is -0.361 e. The molecular formula is C17H25N3O2S. The molecule has 0 fully saturated rings. The molecule has 0 atom stereocenters. The van der Waals surface area contributed by atoms with Crippen molar-refractivity contribution in [2.24, 2.45) is 0 Å². The highest BCUT2D eigenvalue weighted by Gasteiger charge is 2.15. The predicted molar refractivity (Wildman–Crippen MR) is 92.0 cm³/mol. The lowest BCUT2D eigenvalue weighted by atomic mass is 10.0. The molecule has 0 saturated heterocycles. The molecule has 1 amide bonds. The second-order valence-corrected chi connectivity index (χ2v) is 7.13. The number of unbranched alkanes of at least 4 members (excludes halogenated alkanes) is 1. The molecule has 0 aromatic carbocycles. The molecule has 2 heterocycles. The highest BCUT2D eigenvalue weighted by molar-refractivity contribution is 7.13. The summed E-state index contributed by atoms with van der Waals surface area (Å²) >= 11 is 1.46. The minimum absolute atomic E-state index is 0.0476. The van der Waals surface area contributed by atoms with Crippen LogP contribution in [0.4, 0.5) is 0 Å². The lowest BCUT2D eigenvalue weighted by Gasteiger charge is -2.05. The van der Waals surface area contributed by atoms with Gasteiger partial charge in [-0.05, 0) is 40.0 Å². The molecule has 6 heteroatoms. The molecule has 0 saturated carbocycles. The van der Waals surface area contributed by atoms with Crippen molar-refractivity contribution < 1.29 is 9.32 Å². The van der Waals surface area contributed by atoms with Crippen LogP contribution >= 0.6 is 11.3 Å². The van der Waals surface area contributed by atoms with Gasteiger partial charge in [-0.25, -0.2) is 4.98 Å². The monoisotopic (exact) mass is 335 g/mol. The second-order valence-electron chi connectivity index (χ2n) is 6.01. The van der Waals surface area contributed by atoms with E-state index in [0.717, 1.165) is 48.6 Å². The average Bonchev–Trinajstić information content (AvgIpc) is 3.09. The average molecular weight is 335 g/mol. The summed E-state index contributed by atoms with van der Waals surface area (Å²) in [6.07, 6.45) is 6.55. The van der Waals surface area contributed by atoms with E-state index in [2.05, 4.69) is 22.4 Å². The van der Waals surface area contributed by atoms with E-state index in [4.69, 9.17) is 4.52 Å². The van der Waals surface area contributed by atoms with Gasteiger partial charge in [0.05, 0.1) is 16.9 Å². The Kier molecular flexibility index (Phi) is 6.33. The molecule has 0 aliphatic heterocycles. The van der Waals surface area contributed by atoms with Gasteiger partial charge in [0.2, 0.25) is 0 Å². The summed E-state index contributed by atoms with van der Waals surface area (Å²) in [7, 11) is 0. The van der Waals surface area contributed by atoms with Crippen LogP contribution in [0.2, 0.25) is 0 Å². The van der Waals surface area contributed by atoms with Crippen molar-refractivity contribution in [1.82, 2.24) is 15.5 Å². The first-order valence-corrected chi connectivity index (χ1v) is 9.02. The summed E-state index contributed by atoms with van der Waals surface area (Å²) in [4.78, 5) is 17.0. The van der Waals surface area contributed by atoms with Gasteiger partial charge in [0.1, 0.15) is 10.6 Å². The van der Waals surface area contributed by atoms with E-state index in [1.54, 1.807) is 6.20 Å². The summed E-state index contributed by atoms with van der Waals surface area (Å²) in [5.74, 6) is 0.846. The third-order valence-electron chi connectivity index (χ3n) is 3.62. The number of nitrogens with zero attached hydrogens (tertiary/aromatic N) is 2. The van der Waals surface area contributed by atoms with Crippen LogP contribution in [0.5, 0.6) is 0 Å². The fourth-order valence-corrected chi connectivity index (χ4v) is 3.21. The number of carbonyl (C=O) groups excluding carboxylic acids is 1.